The number of hydrogen-bond acceptors (Lipinski definition) is 6. The molecule has 29 heavy (non-hydrogen) atoms. The van der Waals surface area contributed by atoms with Crippen LogP contribution in [0.15, 0.2) is 42.6 Å². The van der Waals surface area contributed by atoms with Gasteiger partial charge in [-0.25, -0.2) is 9.97 Å². The molecule has 3 N–H and O–H groups in total. The second-order valence-electron chi connectivity index (χ2n) is 8.33. The zero-order valence-electron chi connectivity index (χ0n) is 17.4. The number of nitrogens with zero attached hydrogens (tertiary/aromatic N) is 2. The molecule has 0 spiro atoms. The van der Waals surface area contributed by atoms with E-state index < -0.39 is 6.10 Å². The Hall–Kier alpha value is -2.02. The van der Waals surface area contributed by atoms with E-state index in [2.05, 4.69) is 29.1 Å². The largest absolute Gasteiger partial charge is 0.486 e. The summed E-state index contributed by atoms with van der Waals surface area (Å²) in [5.74, 6) is 2.06. The van der Waals surface area contributed by atoms with Gasteiger partial charge in [-0.3, -0.25) is 0 Å². The van der Waals surface area contributed by atoms with Gasteiger partial charge in [0.25, 0.3) is 0 Å². The average molecular weight is 400 g/mol. The van der Waals surface area contributed by atoms with Crippen molar-refractivity contribution >= 4 is 0 Å². The molecule has 6 nitrogen and oxygen atoms in total. The van der Waals surface area contributed by atoms with Crippen molar-refractivity contribution < 1.29 is 14.9 Å². The molecule has 3 rings (SSSR count). The molecule has 1 fully saturated rings. The number of aliphatic hydroxyl groups excluding tert-OH is 2. The fourth-order valence-corrected chi connectivity index (χ4v) is 4.07. The Morgan fingerprint density at radius 1 is 1.17 bits per heavy atom. The first-order chi connectivity index (χ1) is 14.1. The summed E-state index contributed by atoms with van der Waals surface area (Å²) in [6, 6.07) is 11.7. The van der Waals surface area contributed by atoms with E-state index in [0.717, 1.165) is 24.4 Å². The molecular formula is C23H33N3O3. The van der Waals surface area contributed by atoms with Gasteiger partial charge in [-0.2, -0.15) is 0 Å². The molecule has 4 unspecified atom stereocenters. The van der Waals surface area contributed by atoms with Gasteiger partial charge in [0.15, 0.2) is 5.82 Å². The predicted molar refractivity (Wildman–Crippen MR) is 112 cm³/mol. The second-order valence-corrected chi connectivity index (χ2v) is 8.33. The fraction of sp³-hybridized carbons (Fsp3) is 0.565. The van der Waals surface area contributed by atoms with Crippen molar-refractivity contribution in [3.63, 3.8) is 0 Å². The van der Waals surface area contributed by atoms with Crippen LogP contribution in [0.4, 0.5) is 0 Å². The molecule has 0 amide bonds. The van der Waals surface area contributed by atoms with Crippen molar-refractivity contribution in [1.82, 2.24) is 15.3 Å². The lowest BCUT2D eigenvalue weighted by atomic mass is 9.88. The summed E-state index contributed by atoms with van der Waals surface area (Å²) in [5, 5.41) is 23.9. The van der Waals surface area contributed by atoms with E-state index in [9.17, 15) is 10.2 Å². The third kappa shape index (κ3) is 6.23. The highest BCUT2D eigenvalue weighted by Gasteiger charge is 2.41. The normalized spacial score (nSPS) is 24.2. The Morgan fingerprint density at radius 2 is 1.97 bits per heavy atom. The predicted octanol–water partition coefficient (Wildman–Crippen LogP) is 2.59. The lowest BCUT2D eigenvalue weighted by Crippen LogP contribution is -2.37. The van der Waals surface area contributed by atoms with E-state index in [4.69, 9.17) is 4.74 Å². The van der Waals surface area contributed by atoms with Crippen LogP contribution in [0.25, 0.3) is 0 Å². The molecule has 1 aliphatic rings. The molecule has 158 valence electrons. The summed E-state index contributed by atoms with van der Waals surface area (Å²) in [4.78, 5) is 8.98. The van der Waals surface area contributed by atoms with Crippen molar-refractivity contribution in [3.05, 3.63) is 54.1 Å². The molecule has 1 saturated carbocycles. The molecule has 0 bridgehead atoms. The van der Waals surface area contributed by atoms with Crippen LogP contribution in [0.5, 0.6) is 5.75 Å². The van der Waals surface area contributed by atoms with Gasteiger partial charge in [-0.1, -0.05) is 32.0 Å². The topological polar surface area (TPSA) is 87.5 Å². The minimum absolute atomic E-state index is 0.0107. The van der Waals surface area contributed by atoms with Crippen molar-refractivity contribution in [2.45, 2.75) is 51.9 Å². The van der Waals surface area contributed by atoms with E-state index >= 15 is 0 Å². The summed E-state index contributed by atoms with van der Waals surface area (Å²) in [6.45, 7) is 5.63. The van der Waals surface area contributed by atoms with E-state index in [1.165, 1.54) is 0 Å². The summed E-state index contributed by atoms with van der Waals surface area (Å²) >= 11 is 0. The highest BCUT2D eigenvalue weighted by atomic mass is 16.5. The first-order valence-corrected chi connectivity index (χ1v) is 10.6. The zero-order chi connectivity index (χ0) is 20.6. The van der Waals surface area contributed by atoms with Crippen molar-refractivity contribution in [2.75, 3.05) is 13.2 Å². The summed E-state index contributed by atoms with van der Waals surface area (Å²) < 4.78 is 5.76. The summed E-state index contributed by atoms with van der Waals surface area (Å²) in [6.07, 6.45) is 3.74. The second kappa shape index (κ2) is 10.7. The smallest absolute Gasteiger partial charge is 0.166 e. The maximum atomic E-state index is 10.4. The van der Waals surface area contributed by atoms with Crippen molar-refractivity contribution in [1.29, 1.82) is 0 Å². The number of rotatable bonds is 10. The average Bonchev–Trinajstić information content (AvgIpc) is 3.01. The number of nitrogens with one attached hydrogen (secondary N) is 1. The van der Waals surface area contributed by atoms with Gasteiger partial charge < -0.3 is 20.3 Å². The lowest BCUT2D eigenvalue weighted by molar-refractivity contribution is 0.0715. The minimum Gasteiger partial charge on any atom is -0.486 e. The molecule has 1 aromatic heterocycles. The van der Waals surface area contributed by atoms with Crippen LogP contribution in [-0.2, 0) is 13.0 Å². The summed E-state index contributed by atoms with van der Waals surface area (Å²) in [5.41, 5.74) is 0.917. The van der Waals surface area contributed by atoms with Crippen LogP contribution in [0.1, 0.15) is 38.2 Å². The molecular weight excluding hydrogens is 366 g/mol. The molecule has 0 aliphatic heterocycles. The van der Waals surface area contributed by atoms with E-state index in [1.54, 1.807) is 6.20 Å². The third-order valence-electron chi connectivity index (χ3n) is 5.71. The number of ether oxygens (including phenoxy) is 1. The maximum Gasteiger partial charge on any atom is 0.166 e. The lowest BCUT2D eigenvalue weighted by Gasteiger charge is -2.25. The van der Waals surface area contributed by atoms with Gasteiger partial charge in [0.1, 0.15) is 12.4 Å². The van der Waals surface area contributed by atoms with Crippen molar-refractivity contribution in [2.24, 2.45) is 17.8 Å². The van der Waals surface area contributed by atoms with Gasteiger partial charge in [0.05, 0.1) is 6.10 Å². The van der Waals surface area contributed by atoms with Gasteiger partial charge in [-0.15, -0.1) is 0 Å². The van der Waals surface area contributed by atoms with Gasteiger partial charge >= 0.3 is 0 Å². The molecule has 0 saturated heterocycles. The minimum atomic E-state index is -0.482. The quantitative estimate of drug-likeness (QED) is 0.569. The van der Waals surface area contributed by atoms with Gasteiger partial charge in [-0.05, 0) is 55.8 Å². The van der Waals surface area contributed by atoms with Crippen LogP contribution in [-0.4, -0.2) is 45.5 Å². The number of aliphatic hydroxyl groups is 2. The zero-order valence-corrected chi connectivity index (χ0v) is 17.4. The van der Waals surface area contributed by atoms with E-state index in [0.29, 0.717) is 31.2 Å². The molecule has 1 aliphatic carbocycles. The standard InChI is InChI=1S/C23H33N3O3/c1-16(2)8-10-24-21-13-22(28)20(14-27)19(21)12-17-9-11-25-23(26-17)15-29-18-6-4-3-5-7-18/h3-7,9,11,16,19-22,24,27-28H,8,10,12-15H2,1-2H3. The van der Waals surface area contributed by atoms with Crippen molar-refractivity contribution in [3.8, 4) is 5.75 Å². The van der Waals surface area contributed by atoms with Gasteiger partial charge in [0.2, 0.25) is 0 Å². The highest BCUT2D eigenvalue weighted by molar-refractivity contribution is 5.21. The van der Waals surface area contributed by atoms with Crippen LogP contribution >= 0.6 is 0 Å². The molecule has 0 radical (unpaired) electrons. The van der Waals surface area contributed by atoms with Gasteiger partial charge in [0, 0.05) is 30.5 Å². The fourth-order valence-electron chi connectivity index (χ4n) is 4.07. The Bertz CT molecular complexity index is 741. The van der Waals surface area contributed by atoms with E-state index in [-0.39, 0.29) is 24.5 Å². The van der Waals surface area contributed by atoms with Crippen LogP contribution in [0, 0.1) is 17.8 Å². The number of para-hydroxylation sites is 1. The SMILES string of the molecule is CC(C)CCNC1CC(O)C(CO)C1Cc1ccnc(COc2ccccc2)n1. The first kappa shape index (κ1) is 21.7. The maximum absolute atomic E-state index is 10.4. The Morgan fingerprint density at radius 3 is 2.69 bits per heavy atom. The third-order valence-corrected chi connectivity index (χ3v) is 5.71. The van der Waals surface area contributed by atoms with Crippen LogP contribution in [0.2, 0.25) is 0 Å². The number of aromatic nitrogens is 2. The Balaban J connectivity index is 1.64. The monoisotopic (exact) mass is 399 g/mol. The molecule has 6 heteroatoms. The molecule has 1 aromatic carbocycles. The number of hydrogen-bond donors (Lipinski definition) is 3. The Labute approximate surface area is 173 Å². The Kier molecular flexibility index (Phi) is 7.98. The molecule has 4 atom stereocenters. The molecule has 2 aromatic rings. The highest BCUT2D eigenvalue weighted by Crippen LogP contribution is 2.34. The van der Waals surface area contributed by atoms with Crippen LogP contribution < -0.4 is 10.1 Å². The number of benzene rings is 1. The summed E-state index contributed by atoms with van der Waals surface area (Å²) in [7, 11) is 0. The molecule has 1 heterocycles. The van der Waals surface area contributed by atoms with E-state index in [1.807, 2.05) is 36.4 Å². The first-order valence-electron chi connectivity index (χ1n) is 10.6. The van der Waals surface area contributed by atoms with Crippen LogP contribution in [0.3, 0.4) is 0 Å².